The van der Waals surface area contributed by atoms with E-state index in [4.69, 9.17) is 16.2 Å². The monoisotopic (exact) mass is 374 g/mol. The van der Waals surface area contributed by atoms with Crippen molar-refractivity contribution in [2.24, 2.45) is 0 Å². The van der Waals surface area contributed by atoms with Crippen molar-refractivity contribution < 1.29 is 17.8 Å². The predicted octanol–water partition coefficient (Wildman–Crippen LogP) is 3.58. The Hall–Kier alpha value is -1.21. The zero-order chi connectivity index (χ0) is 14.9. The molecule has 2 aromatic carbocycles. The Morgan fingerprint density at radius 3 is 2.15 bits per heavy atom. The highest BCUT2D eigenvalue weighted by Gasteiger charge is 2.18. The number of hydrogen-bond acceptors (Lipinski definition) is 3. The maximum atomic E-state index is 12.2. The van der Waals surface area contributed by atoms with Gasteiger partial charge in [0.15, 0.2) is 5.78 Å². The quantitative estimate of drug-likeness (QED) is 0.657. The molecule has 0 atom stereocenters. The van der Waals surface area contributed by atoms with Crippen LogP contribution in [-0.2, 0) is 10.1 Å². The third-order valence-corrected chi connectivity index (χ3v) is 4.44. The van der Waals surface area contributed by atoms with Crippen molar-refractivity contribution in [3.8, 4) is 0 Å². The molecular weight excluding hydrogens is 368 g/mol. The standard InChI is InChI=1S/C13H8BrClO4S/c14-10-4-1-8(2-5-10)13(16)9-3-6-11(15)12(7-9)20(17,18)19/h1-7H,(H,17,18,19). The molecule has 0 heterocycles. The molecular formula is C13H8BrClO4S. The predicted molar refractivity (Wildman–Crippen MR) is 78.8 cm³/mol. The van der Waals surface area contributed by atoms with E-state index in [0.717, 1.165) is 10.5 Å². The van der Waals surface area contributed by atoms with Gasteiger partial charge in [-0.3, -0.25) is 9.35 Å². The van der Waals surface area contributed by atoms with E-state index in [1.807, 2.05) is 0 Å². The second-order valence-electron chi connectivity index (χ2n) is 3.96. The minimum atomic E-state index is -4.47. The molecule has 0 amide bonds. The number of hydrogen-bond donors (Lipinski definition) is 1. The van der Waals surface area contributed by atoms with Crippen LogP contribution < -0.4 is 0 Å². The van der Waals surface area contributed by atoms with E-state index >= 15 is 0 Å². The summed E-state index contributed by atoms with van der Waals surface area (Å²) in [4.78, 5) is 11.7. The molecule has 2 aromatic rings. The van der Waals surface area contributed by atoms with Crippen LogP contribution in [0.1, 0.15) is 15.9 Å². The van der Waals surface area contributed by atoms with Gasteiger partial charge in [0.1, 0.15) is 4.90 Å². The van der Waals surface area contributed by atoms with Crippen molar-refractivity contribution in [1.29, 1.82) is 0 Å². The number of carbonyl (C=O) groups is 1. The molecule has 2 rings (SSSR count). The van der Waals surface area contributed by atoms with Crippen LogP contribution in [0.25, 0.3) is 0 Å². The average Bonchev–Trinajstić information content (AvgIpc) is 2.38. The molecule has 0 aliphatic rings. The van der Waals surface area contributed by atoms with Crippen molar-refractivity contribution in [3.05, 3.63) is 63.1 Å². The second kappa shape index (κ2) is 5.65. The lowest BCUT2D eigenvalue weighted by atomic mass is 10.0. The molecule has 0 aromatic heterocycles. The molecule has 7 heteroatoms. The van der Waals surface area contributed by atoms with Crippen LogP contribution in [0, 0.1) is 0 Å². The summed E-state index contributed by atoms with van der Waals surface area (Å²) in [7, 11) is -4.47. The fourth-order valence-corrected chi connectivity index (χ4v) is 2.87. The third kappa shape index (κ3) is 3.27. The molecule has 0 unspecified atom stereocenters. The summed E-state index contributed by atoms with van der Waals surface area (Å²) in [6, 6.07) is 10.3. The number of carbonyl (C=O) groups excluding carboxylic acids is 1. The first-order valence-electron chi connectivity index (χ1n) is 5.36. The molecule has 0 saturated heterocycles. The minimum Gasteiger partial charge on any atom is -0.289 e. The Bertz CT molecular complexity index is 769. The van der Waals surface area contributed by atoms with Gasteiger partial charge in [-0.1, -0.05) is 27.5 Å². The summed E-state index contributed by atoms with van der Waals surface area (Å²) < 4.78 is 32.2. The topological polar surface area (TPSA) is 71.4 Å². The van der Waals surface area contributed by atoms with Crippen LogP contribution in [-0.4, -0.2) is 18.8 Å². The summed E-state index contributed by atoms with van der Waals surface area (Å²) in [6.45, 7) is 0. The molecule has 0 aliphatic carbocycles. The van der Waals surface area contributed by atoms with Gasteiger partial charge >= 0.3 is 0 Å². The van der Waals surface area contributed by atoms with E-state index in [-0.39, 0.29) is 16.4 Å². The van der Waals surface area contributed by atoms with Crippen molar-refractivity contribution in [2.75, 3.05) is 0 Å². The summed E-state index contributed by atoms with van der Waals surface area (Å²) in [5, 5.41) is -0.139. The normalized spacial score (nSPS) is 11.3. The first-order chi connectivity index (χ1) is 9.29. The first kappa shape index (κ1) is 15.2. The zero-order valence-corrected chi connectivity index (χ0v) is 13.0. The number of ketones is 1. The van der Waals surface area contributed by atoms with Crippen molar-refractivity contribution in [3.63, 3.8) is 0 Å². The zero-order valence-electron chi connectivity index (χ0n) is 9.88. The van der Waals surface area contributed by atoms with Gasteiger partial charge < -0.3 is 0 Å². The Morgan fingerprint density at radius 1 is 1.05 bits per heavy atom. The first-order valence-corrected chi connectivity index (χ1v) is 7.97. The fourth-order valence-electron chi connectivity index (χ4n) is 1.61. The van der Waals surface area contributed by atoms with Crippen LogP contribution in [0.4, 0.5) is 0 Å². The molecule has 20 heavy (non-hydrogen) atoms. The van der Waals surface area contributed by atoms with Gasteiger partial charge in [-0.25, -0.2) is 0 Å². The average molecular weight is 376 g/mol. The van der Waals surface area contributed by atoms with Gasteiger partial charge in [0.2, 0.25) is 0 Å². The number of benzene rings is 2. The Balaban J connectivity index is 2.49. The maximum absolute atomic E-state index is 12.2. The van der Waals surface area contributed by atoms with Gasteiger partial charge in [-0.15, -0.1) is 0 Å². The molecule has 4 nitrogen and oxygen atoms in total. The number of halogens is 2. The van der Waals surface area contributed by atoms with Crippen LogP contribution in [0.3, 0.4) is 0 Å². The van der Waals surface area contributed by atoms with Gasteiger partial charge in [0.25, 0.3) is 10.1 Å². The van der Waals surface area contributed by atoms with Crippen LogP contribution in [0.2, 0.25) is 5.02 Å². The van der Waals surface area contributed by atoms with E-state index in [1.54, 1.807) is 24.3 Å². The summed E-state index contributed by atoms with van der Waals surface area (Å²) >= 11 is 8.95. The lowest BCUT2D eigenvalue weighted by Crippen LogP contribution is -2.05. The van der Waals surface area contributed by atoms with Crippen LogP contribution in [0.15, 0.2) is 51.8 Å². The van der Waals surface area contributed by atoms with Gasteiger partial charge in [0, 0.05) is 15.6 Å². The van der Waals surface area contributed by atoms with E-state index in [1.165, 1.54) is 12.1 Å². The largest absolute Gasteiger partial charge is 0.296 e. The SMILES string of the molecule is O=C(c1ccc(Br)cc1)c1ccc(Cl)c(S(=O)(=O)O)c1. The second-order valence-corrected chi connectivity index (χ2v) is 6.67. The molecule has 0 saturated carbocycles. The van der Waals surface area contributed by atoms with Gasteiger partial charge in [-0.2, -0.15) is 8.42 Å². The van der Waals surface area contributed by atoms with E-state index in [9.17, 15) is 13.2 Å². The molecule has 104 valence electrons. The van der Waals surface area contributed by atoms with Gasteiger partial charge in [0.05, 0.1) is 5.02 Å². The van der Waals surface area contributed by atoms with Crippen molar-refractivity contribution >= 4 is 43.4 Å². The molecule has 1 N–H and O–H groups in total. The third-order valence-electron chi connectivity index (χ3n) is 2.58. The lowest BCUT2D eigenvalue weighted by Gasteiger charge is -2.05. The molecule has 0 spiro atoms. The lowest BCUT2D eigenvalue weighted by molar-refractivity contribution is 0.103. The molecule has 0 fully saturated rings. The molecule has 0 bridgehead atoms. The fraction of sp³-hybridized carbons (Fsp3) is 0. The molecule has 0 aliphatic heterocycles. The highest BCUT2D eigenvalue weighted by molar-refractivity contribution is 9.10. The summed E-state index contributed by atoms with van der Waals surface area (Å²) in [5.41, 5.74) is 0.529. The van der Waals surface area contributed by atoms with E-state index < -0.39 is 15.0 Å². The summed E-state index contributed by atoms with van der Waals surface area (Å²) in [5.74, 6) is -0.362. The van der Waals surface area contributed by atoms with E-state index in [0.29, 0.717) is 5.56 Å². The molecule has 0 radical (unpaired) electrons. The number of rotatable bonds is 3. The maximum Gasteiger partial charge on any atom is 0.296 e. The van der Waals surface area contributed by atoms with Crippen LogP contribution in [0.5, 0.6) is 0 Å². The van der Waals surface area contributed by atoms with Crippen molar-refractivity contribution in [2.45, 2.75) is 4.90 Å². The highest BCUT2D eigenvalue weighted by Crippen LogP contribution is 2.24. The van der Waals surface area contributed by atoms with Gasteiger partial charge in [-0.05, 0) is 42.5 Å². The Kier molecular flexibility index (Phi) is 4.29. The Morgan fingerprint density at radius 2 is 1.60 bits per heavy atom. The van der Waals surface area contributed by atoms with E-state index in [2.05, 4.69) is 15.9 Å². The van der Waals surface area contributed by atoms with Crippen LogP contribution >= 0.6 is 27.5 Å². The summed E-state index contributed by atoms with van der Waals surface area (Å²) in [6.07, 6.45) is 0. The minimum absolute atomic E-state index is 0.129. The van der Waals surface area contributed by atoms with Crippen molar-refractivity contribution in [1.82, 2.24) is 0 Å². The smallest absolute Gasteiger partial charge is 0.289 e. The Labute approximate surface area is 129 Å². The highest BCUT2D eigenvalue weighted by atomic mass is 79.9.